The number of nitrogens with one attached hydrogen (secondary N) is 3. The molecule has 1 spiro atoms. The molecule has 10 aromatic carbocycles. The molecule has 0 amide bonds. The van der Waals surface area contributed by atoms with Crippen molar-refractivity contribution in [3.8, 4) is 33.4 Å². The maximum absolute atomic E-state index is 3.98. The largest absolute Gasteiger partial charge is 0.355 e. The summed E-state index contributed by atoms with van der Waals surface area (Å²) in [4.78, 5) is 0. The fraction of sp³-hybridized carbons (Fsp3) is 0.0769. The molecule has 0 aromatic heterocycles. The number of hydrogen-bond acceptors (Lipinski definition) is 3. The number of para-hydroxylation sites is 2. The zero-order valence-corrected chi connectivity index (χ0v) is 37.9. The van der Waals surface area contributed by atoms with Gasteiger partial charge in [0.1, 0.15) is 0 Å². The third-order valence-electron chi connectivity index (χ3n) is 15.7. The van der Waals surface area contributed by atoms with E-state index in [0.717, 1.165) is 22.7 Å². The van der Waals surface area contributed by atoms with E-state index >= 15 is 0 Å². The Labute approximate surface area is 397 Å². The second-order valence-corrected chi connectivity index (χ2v) is 19.5. The number of anilines is 6. The number of benzene rings is 10. The zero-order valence-electron chi connectivity index (χ0n) is 37.9. The molecule has 10 aromatic rings. The van der Waals surface area contributed by atoms with E-state index in [-0.39, 0.29) is 5.41 Å². The van der Waals surface area contributed by atoms with Crippen LogP contribution in [0.2, 0.25) is 0 Å². The average molecular weight is 870 g/mol. The summed E-state index contributed by atoms with van der Waals surface area (Å²) in [6, 6.07) is 86.1. The maximum atomic E-state index is 3.98. The summed E-state index contributed by atoms with van der Waals surface area (Å²) < 4.78 is 0. The van der Waals surface area contributed by atoms with Crippen LogP contribution in [0.15, 0.2) is 231 Å². The summed E-state index contributed by atoms with van der Waals surface area (Å²) in [6.45, 7) is 4.70. The van der Waals surface area contributed by atoms with Crippen molar-refractivity contribution in [3.63, 3.8) is 0 Å². The minimum absolute atomic E-state index is 0.166. The molecular formula is C65H47N3. The van der Waals surface area contributed by atoms with Gasteiger partial charge < -0.3 is 16.0 Å². The highest BCUT2D eigenvalue weighted by Gasteiger charge is 2.51. The first-order valence-corrected chi connectivity index (χ1v) is 23.8. The summed E-state index contributed by atoms with van der Waals surface area (Å²) >= 11 is 0. The first kappa shape index (κ1) is 38.8. The summed E-state index contributed by atoms with van der Waals surface area (Å²) in [7, 11) is 0. The first-order chi connectivity index (χ1) is 33.4. The van der Waals surface area contributed by atoms with Crippen LogP contribution < -0.4 is 16.0 Å². The fourth-order valence-corrected chi connectivity index (χ4v) is 12.7. The van der Waals surface area contributed by atoms with E-state index in [0.29, 0.717) is 0 Å². The standard InChI is InChI=1S/C65H47N3/c1-63(2)51-25-13-15-27-57(51)66-59-33-29-41(37-53(59)63)43-31-35-61-55(39-43)65(49-23-11-9-21-47(49)48-22-10-12-24-50(48)65)56-40-44(32-36-62(56)68-61)42-30-34-60-54(38-42)64(45-17-5-3-6-18-45,46-19-7-4-8-20-46)52-26-14-16-28-58(52)67-60/h3-40,66-68H,1-2H3. The lowest BCUT2D eigenvalue weighted by Gasteiger charge is -2.43. The summed E-state index contributed by atoms with van der Waals surface area (Å²) in [6.07, 6.45) is 0. The van der Waals surface area contributed by atoms with Gasteiger partial charge in [0.25, 0.3) is 0 Å². The Bertz CT molecular complexity index is 3610. The second-order valence-electron chi connectivity index (χ2n) is 19.5. The highest BCUT2D eigenvalue weighted by Crippen LogP contribution is 2.62. The van der Waals surface area contributed by atoms with E-state index in [4.69, 9.17) is 0 Å². The van der Waals surface area contributed by atoms with Gasteiger partial charge in [0.15, 0.2) is 0 Å². The van der Waals surface area contributed by atoms with Gasteiger partial charge in [0.05, 0.1) is 10.8 Å². The van der Waals surface area contributed by atoms with E-state index < -0.39 is 10.8 Å². The van der Waals surface area contributed by atoms with Gasteiger partial charge in [-0.25, -0.2) is 0 Å². The minimum Gasteiger partial charge on any atom is -0.355 e. The van der Waals surface area contributed by atoms with Crippen LogP contribution in [0.5, 0.6) is 0 Å². The molecular weight excluding hydrogens is 823 g/mol. The molecule has 3 nitrogen and oxygen atoms in total. The average Bonchev–Trinajstić information content (AvgIpc) is 3.68. The van der Waals surface area contributed by atoms with E-state index in [1.165, 1.54) is 100 Å². The van der Waals surface area contributed by atoms with Crippen molar-refractivity contribution in [1.29, 1.82) is 0 Å². The molecule has 3 heteroatoms. The van der Waals surface area contributed by atoms with E-state index in [2.05, 4.69) is 260 Å². The molecule has 0 fully saturated rings. The molecule has 0 bridgehead atoms. The first-order valence-electron chi connectivity index (χ1n) is 23.8. The van der Waals surface area contributed by atoms with Crippen molar-refractivity contribution in [2.45, 2.75) is 30.1 Å². The number of rotatable bonds is 4. The molecule has 1 aliphatic carbocycles. The van der Waals surface area contributed by atoms with Gasteiger partial charge in [-0.15, -0.1) is 0 Å². The molecule has 68 heavy (non-hydrogen) atoms. The summed E-state index contributed by atoms with van der Waals surface area (Å²) in [5.74, 6) is 0. The molecule has 3 N–H and O–H groups in total. The molecule has 0 saturated carbocycles. The van der Waals surface area contributed by atoms with Crippen molar-refractivity contribution in [2.24, 2.45) is 0 Å². The minimum atomic E-state index is -0.588. The van der Waals surface area contributed by atoms with Gasteiger partial charge in [0, 0.05) is 39.5 Å². The molecule has 0 saturated heterocycles. The van der Waals surface area contributed by atoms with Gasteiger partial charge in [-0.05, 0) is 150 Å². The van der Waals surface area contributed by atoms with Crippen LogP contribution >= 0.6 is 0 Å². The summed E-state index contributed by atoms with van der Waals surface area (Å²) in [5.41, 5.74) is 25.5. The molecule has 3 heterocycles. The van der Waals surface area contributed by atoms with Crippen LogP contribution in [0.1, 0.15) is 69.5 Å². The van der Waals surface area contributed by atoms with Gasteiger partial charge in [-0.3, -0.25) is 0 Å². The highest BCUT2D eigenvalue weighted by atomic mass is 14.9. The third-order valence-corrected chi connectivity index (χ3v) is 15.7. The summed E-state index contributed by atoms with van der Waals surface area (Å²) in [5, 5.41) is 11.6. The van der Waals surface area contributed by atoms with Gasteiger partial charge in [0.2, 0.25) is 0 Å². The SMILES string of the molecule is CC1(C)c2ccccc2Nc2ccc(-c3ccc4c(c3)C3(c5cc(-c6ccc7c(c6)C(c6ccccc6)(c6ccccc6)c6ccccc6N7)ccc5N4)c4ccccc4-c4ccccc43)cc21. The number of fused-ring (bicyclic) bond motifs is 13. The maximum Gasteiger partial charge on any atom is 0.0754 e. The molecule has 4 aliphatic rings. The smallest absolute Gasteiger partial charge is 0.0754 e. The molecule has 322 valence electrons. The molecule has 0 atom stereocenters. The quantitative estimate of drug-likeness (QED) is 0.165. The lowest BCUT2D eigenvalue weighted by atomic mass is 9.62. The Kier molecular flexibility index (Phi) is 8.17. The van der Waals surface area contributed by atoms with Crippen LogP contribution in [0.3, 0.4) is 0 Å². The molecule has 14 rings (SSSR count). The predicted molar refractivity (Wildman–Crippen MR) is 281 cm³/mol. The predicted octanol–water partition coefficient (Wildman–Crippen LogP) is 16.3. The molecule has 3 aliphatic heterocycles. The van der Waals surface area contributed by atoms with Crippen LogP contribution in [-0.2, 0) is 16.2 Å². The Morgan fingerprint density at radius 2 is 0.574 bits per heavy atom. The third kappa shape index (κ3) is 5.24. The van der Waals surface area contributed by atoms with Crippen molar-refractivity contribution < 1.29 is 0 Å². The van der Waals surface area contributed by atoms with Crippen LogP contribution in [0.25, 0.3) is 33.4 Å². The van der Waals surface area contributed by atoms with Crippen molar-refractivity contribution in [3.05, 3.63) is 286 Å². The Hall–Kier alpha value is -8.40. The molecule has 0 unspecified atom stereocenters. The van der Waals surface area contributed by atoms with E-state index in [9.17, 15) is 0 Å². The Balaban J connectivity index is 0.981. The van der Waals surface area contributed by atoms with Crippen LogP contribution in [-0.4, -0.2) is 0 Å². The highest BCUT2D eigenvalue weighted by molar-refractivity contribution is 5.95. The van der Waals surface area contributed by atoms with Crippen molar-refractivity contribution in [1.82, 2.24) is 0 Å². The molecule has 0 radical (unpaired) electrons. The van der Waals surface area contributed by atoms with Gasteiger partial charge in [-0.2, -0.15) is 0 Å². The number of hydrogen-bond donors (Lipinski definition) is 3. The monoisotopic (exact) mass is 869 g/mol. The Morgan fingerprint density at radius 1 is 0.250 bits per heavy atom. The van der Waals surface area contributed by atoms with Gasteiger partial charge >= 0.3 is 0 Å². The zero-order chi connectivity index (χ0) is 45.2. The van der Waals surface area contributed by atoms with Crippen LogP contribution in [0.4, 0.5) is 34.1 Å². The van der Waals surface area contributed by atoms with E-state index in [1.807, 2.05) is 0 Å². The lowest BCUT2D eigenvalue weighted by Crippen LogP contribution is -2.35. The van der Waals surface area contributed by atoms with Crippen molar-refractivity contribution >= 4 is 34.1 Å². The second kappa shape index (κ2) is 14.3. The van der Waals surface area contributed by atoms with Crippen molar-refractivity contribution in [2.75, 3.05) is 16.0 Å². The normalized spacial score (nSPS) is 15.3. The van der Waals surface area contributed by atoms with E-state index in [1.54, 1.807) is 0 Å². The van der Waals surface area contributed by atoms with Gasteiger partial charge in [-0.1, -0.05) is 184 Å². The Morgan fingerprint density at radius 3 is 1.04 bits per heavy atom. The fourth-order valence-electron chi connectivity index (χ4n) is 12.7. The lowest BCUT2D eigenvalue weighted by molar-refractivity contribution is 0.638. The topological polar surface area (TPSA) is 36.1 Å². The van der Waals surface area contributed by atoms with Crippen LogP contribution in [0, 0.1) is 0 Å².